The first-order valence-electron chi connectivity index (χ1n) is 4.54. The van der Waals surface area contributed by atoms with E-state index in [2.05, 4.69) is 4.74 Å². The van der Waals surface area contributed by atoms with Gasteiger partial charge < -0.3 is 9.47 Å². The quantitative estimate of drug-likeness (QED) is 0.728. The number of thiophene rings is 1. The van der Waals surface area contributed by atoms with Gasteiger partial charge in [-0.3, -0.25) is 0 Å². The Balaban J connectivity index is 0.000000791. The van der Waals surface area contributed by atoms with Crippen molar-refractivity contribution >= 4 is 17.5 Å². The highest BCUT2D eigenvalue weighted by Crippen LogP contribution is 2.06. The SMILES string of the molecule is CC.COC(=O)OCCc1ccsc1. The molecule has 1 aromatic heterocycles. The third-order valence-corrected chi connectivity index (χ3v) is 2.09. The molecule has 1 aromatic rings. The van der Waals surface area contributed by atoms with E-state index < -0.39 is 6.16 Å². The molecule has 0 unspecified atom stereocenters. The van der Waals surface area contributed by atoms with Crippen molar-refractivity contribution in [2.24, 2.45) is 0 Å². The molecule has 0 aromatic carbocycles. The van der Waals surface area contributed by atoms with E-state index in [0.717, 1.165) is 6.42 Å². The average molecular weight is 216 g/mol. The third kappa shape index (κ3) is 5.59. The van der Waals surface area contributed by atoms with Crippen LogP contribution < -0.4 is 0 Å². The second kappa shape index (κ2) is 8.56. The van der Waals surface area contributed by atoms with Crippen LogP contribution in [0.5, 0.6) is 0 Å². The van der Waals surface area contributed by atoms with Gasteiger partial charge in [0.2, 0.25) is 0 Å². The molecule has 0 aliphatic heterocycles. The summed E-state index contributed by atoms with van der Waals surface area (Å²) in [5.74, 6) is 0. The summed E-state index contributed by atoms with van der Waals surface area (Å²) in [5, 5.41) is 4.02. The molecule has 0 saturated heterocycles. The van der Waals surface area contributed by atoms with Gasteiger partial charge in [-0.15, -0.1) is 0 Å². The van der Waals surface area contributed by atoms with Gasteiger partial charge in [-0.2, -0.15) is 11.3 Å². The van der Waals surface area contributed by atoms with Gasteiger partial charge in [0.15, 0.2) is 0 Å². The van der Waals surface area contributed by atoms with Crippen LogP contribution in [0.25, 0.3) is 0 Å². The van der Waals surface area contributed by atoms with E-state index in [1.54, 1.807) is 11.3 Å². The van der Waals surface area contributed by atoms with Crippen molar-refractivity contribution in [3.8, 4) is 0 Å². The van der Waals surface area contributed by atoms with Crippen LogP contribution in [-0.4, -0.2) is 19.9 Å². The van der Waals surface area contributed by atoms with Crippen LogP contribution in [0.2, 0.25) is 0 Å². The van der Waals surface area contributed by atoms with Gasteiger partial charge in [0.1, 0.15) is 0 Å². The van der Waals surface area contributed by atoms with Crippen LogP contribution in [0.4, 0.5) is 4.79 Å². The molecular formula is C10H16O3S. The summed E-state index contributed by atoms with van der Waals surface area (Å²) in [6.45, 7) is 4.38. The van der Waals surface area contributed by atoms with Crippen LogP contribution in [0.3, 0.4) is 0 Å². The van der Waals surface area contributed by atoms with Crippen LogP contribution in [0.1, 0.15) is 19.4 Å². The molecule has 1 rings (SSSR count). The Labute approximate surface area is 88.7 Å². The predicted molar refractivity (Wildman–Crippen MR) is 57.7 cm³/mol. The highest BCUT2D eigenvalue weighted by molar-refractivity contribution is 7.07. The fourth-order valence-corrected chi connectivity index (χ4v) is 1.45. The lowest BCUT2D eigenvalue weighted by Crippen LogP contribution is -2.06. The topological polar surface area (TPSA) is 35.5 Å². The first kappa shape index (κ1) is 13.0. The smallest absolute Gasteiger partial charge is 0.438 e. The molecule has 0 saturated carbocycles. The lowest BCUT2D eigenvalue weighted by atomic mass is 10.3. The number of methoxy groups -OCH3 is 1. The molecule has 0 radical (unpaired) electrons. The van der Waals surface area contributed by atoms with E-state index in [0.29, 0.717) is 6.61 Å². The highest BCUT2D eigenvalue weighted by atomic mass is 32.1. The van der Waals surface area contributed by atoms with Gasteiger partial charge in [0.05, 0.1) is 13.7 Å². The predicted octanol–water partition coefficient (Wildman–Crippen LogP) is 3.10. The number of carbonyl (C=O) groups is 1. The molecule has 0 aliphatic carbocycles. The standard InChI is InChI=1S/C8H10O3S.C2H6/c1-10-8(9)11-4-2-7-3-5-12-6-7;1-2/h3,5-6H,2,4H2,1H3;1-2H3. The number of rotatable bonds is 3. The average Bonchev–Trinajstić information content (AvgIpc) is 2.73. The molecule has 0 spiro atoms. The maximum Gasteiger partial charge on any atom is 0.507 e. The maximum atomic E-state index is 10.5. The van der Waals surface area contributed by atoms with Gasteiger partial charge >= 0.3 is 6.16 Å². The number of hydrogen-bond acceptors (Lipinski definition) is 4. The molecule has 0 atom stereocenters. The summed E-state index contributed by atoms with van der Waals surface area (Å²) in [4.78, 5) is 10.5. The lowest BCUT2D eigenvalue weighted by molar-refractivity contribution is 0.0737. The van der Waals surface area contributed by atoms with Gasteiger partial charge in [-0.05, 0) is 22.4 Å². The lowest BCUT2D eigenvalue weighted by Gasteiger charge is -2.00. The summed E-state index contributed by atoms with van der Waals surface area (Å²) >= 11 is 1.63. The van der Waals surface area contributed by atoms with E-state index in [4.69, 9.17) is 4.74 Å². The monoisotopic (exact) mass is 216 g/mol. The van der Waals surface area contributed by atoms with E-state index in [-0.39, 0.29) is 0 Å². The van der Waals surface area contributed by atoms with Crippen molar-refractivity contribution in [1.82, 2.24) is 0 Å². The molecule has 1 heterocycles. The van der Waals surface area contributed by atoms with Crippen molar-refractivity contribution in [3.63, 3.8) is 0 Å². The normalized spacial score (nSPS) is 8.50. The molecule has 0 bridgehead atoms. The molecule has 80 valence electrons. The maximum absolute atomic E-state index is 10.5. The molecular weight excluding hydrogens is 200 g/mol. The number of ether oxygens (including phenoxy) is 2. The Morgan fingerprint density at radius 2 is 2.21 bits per heavy atom. The summed E-state index contributed by atoms with van der Waals surface area (Å²) in [7, 11) is 1.30. The first-order chi connectivity index (χ1) is 6.83. The molecule has 4 heteroatoms. The Morgan fingerprint density at radius 1 is 1.50 bits per heavy atom. The molecule has 14 heavy (non-hydrogen) atoms. The Hall–Kier alpha value is -1.03. The Bertz CT molecular complexity index is 232. The van der Waals surface area contributed by atoms with Gasteiger partial charge in [0.25, 0.3) is 0 Å². The van der Waals surface area contributed by atoms with Crippen molar-refractivity contribution in [2.75, 3.05) is 13.7 Å². The van der Waals surface area contributed by atoms with Crippen molar-refractivity contribution in [3.05, 3.63) is 22.4 Å². The second-order valence-electron chi connectivity index (χ2n) is 2.18. The van der Waals surface area contributed by atoms with Crippen LogP contribution in [0.15, 0.2) is 16.8 Å². The van der Waals surface area contributed by atoms with Crippen LogP contribution >= 0.6 is 11.3 Å². The highest BCUT2D eigenvalue weighted by Gasteiger charge is 1.99. The Kier molecular flexibility index (Phi) is 7.93. The summed E-state index contributed by atoms with van der Waals surface area (Å²) in [6, 6.07) is 2.01. The van der Waals surface area contributed by atoms with Gasteiger partial charge in [-0.1, -0.05) is 13.8 Å². The number of hydrogen-bond donors (Lipinski definition) is 0. The zero-order chi connectivity index (χ0) is 10.8. The van der Waals surface area contributed by atoms with Crippen molar-refractivity contribution in [2.45, 2.75) is 20.3 Å². The fourth-order valence-electron chi connectivity index (χ4n) is 0.746. The van der Waals surface area contributed by atoms with E-state index in [1.165, 1.54) is 12.7 Å². The second-order valence-corrected chi connectivity index (χ2v) is 2.96. The summed E-state index contributed by atoms with van der Waals surface area (Å²) in [5.41, 5.74) is 1.18. The molecule has 0 N–H and O–H groups in total. The van der Waals surface area contributed by atoms with Crippen molar-refractivity contribution in [1.29, 1.82) is 0 Å². The Morgan fingerprint density at radius 3 is 2.71 bits per heavy atom. The number of carbonyl (C=O) groups excluding carboxylic acids is 1. The molecule has 0 aliphatic rings. The van der Waals surface area contributed by atoms with Crippen LogP contribution in [0, 0.1) is 0 Å². The minimum Gasteiger partial charge on any atom is -0.438 e. The summed E-state index contributed by atoms with van der Waals surface area (Å²) in [6.07, 6.45) is 0.128. The van der Waals surface area contributed by atoms with Crippen molar-refractivity contribution < 1.29 is 14.3 Å². The van der Waals surface area contributed by atoms with Crippen LogP contribution in [-0.2, 0) is 15.9 Å². The van der Waals surface area contributed by atoms with E-state index in [9.17, 15) is 4.79 Å². The fraction of sp³-hybridized carbons (Fsp3) is 0.500. The zero-order valence-electron chi connectivity index (χ0n) is 8.78. The molecule has 0 amide bonds. The first-order valence-corrected chi connectivity index (χ1v) is 5.49. The van der Waals surface area contributed by atoms with E-state index >= 15 is 0 Å². The molecule has 0 fully saturated rings. The summed E-state index contributed by atoms with van der Waals surface area (Å²) < 4.78 is 9.02. The van der Waals surface area contributed by atoms with Gasteiger partial charge in [0, 0.05) is 6.42 Å². The van der Waals surface area contributed by atoms with E-state index in [1.807, 2.05) is 30.7 Å². The van der Waals surface area contributed by atoms with Gasteiger partial charge in [-0.25, -0.2) is 4.79 Å². The zero-order valence-corrected chi connectivity index (χ0v) is 9.60. The largest absolute Gasteiger partial charge is 0.507 e. The minimum atomic E-state index is -0.620. The third-order valence-electron chi connectivity index (χ3n) is 1.36. The minimum absolute atomic E-state index is 0.378. The molecule has 3 nitrogen and oxygen atoms in total.